The highest BCUT2D eigenvalue weighted by molar-refractivity contribution is 6.33. The lowest BCUT2D eigenvalue weighted by molar-refractivity contribution is 0.585. The fraction of sp³-hybridized carbons (Fsp3) is 0.278. The number of aromatic nitrogens is 4. The summed E-state index contributed by atoms with van der Waals surface area (Å²) in [5.74, 6) is 1.00. The smallest absolute Gasteiger partial charge is 0.128 e. The van der Waals surface area contributed by atoms with Crippen LogP contribution in [0.3, 0.4) is 0 Å². The average Bonchev–Trinajstić information content (AvgIpc) is 3.09. The van der Waals surface area contributed by atoms with Gasteiger partial charge in [-0.3, -0.25) is 9.67 Å². The molecule has 4 rings (SSSR count). The van der Waals surface area contributed by atoms with E-state index in [4.69, 9.17) is 11.6 Å². The second kappa shape index (κ2) is 6.82. The number of piperazine rings is 1. The highest BCUT2D eigenvalue weighted by Gasteiger charge is 2.13. The highest BCUT2D eigenvalue weighted by atomic mass is 35.5. The van der Waals surface area contributed by atoms with E-state index in [1.807, 2.05) is 25.5 Å². The molecule has 1 fully saturated rings. The monoisotopic (exact) mass is 354 g/mol. The molecule has 0 bridgehead atoms. The van der Waals surface area contributed by atoms with Gasteiger partial charge in [0.1, 0.15) is 5.82 Å². The molecule has 1 N–H and O–H groups in total. The van der Waals surface area contributed by atoms with Crippen LogP contribution in [0.15, 0.2) is 43.0 Å². The van der Waals surface area contributed by atoms with Gasteiger partial charge in [-0.25, -0.2) is 4.98 Å². The SMILES string of the molecule is Cn1cc(-c2cc(-c3ccc(N4CCNCC4)nc3)c(Cl)cn2)cn1. The minimum atomic E-state index is 0.615. The van der Waals surface area contributed by atoms with Gasteiger partial charge < -0.3 is 10.2 Å². The third-order valence-corrected chi connectivity index (χ3v) is 4.66. The molecule has 0 spiro atoms. The van der Waals surface area contributed by atoms with Crippen LogP contribution in [0, 0.1) is 0 Å². The van der Waals surface area contributed by atoms with Gasteiger partial charge in [-0.15, -0.1) is 0 Å². The van der Waals surface area contributed by atoms with Crippen LogP contribution in [0.1, 0.15) is 0 Å². The number of halogens is 1. The van der Waals surface area contributed by atoms with E-state index in [1.54, 1.807) is 17.1 Å². The lowest BCUT2D eigenvalue weighted by atomic mass is 10.1. The number of hydrogen-bond donors (Lipinski definition) is 1. The van der Waals surface area contributed by atoms with Gasteiger partial charge in [-0.05, 0) is 18.2 Å². The van der Waals surface area contributed by atoms with Crippen molar-refractivity contribution in [1.82, 2.24) is 25.1 Å². The Morgan fingerprint density at radius 3 is 2.56 bits per heavy atom. The summed E-state index contributed by atoms with van der Waals surface area (Å²) in [6.07, 6.45) is 7.30. The third kappa shape index (κ3) is 3.36. The fourth-order valence-corrected chi connectivity index (χ4v) is 3.21. The maximum Gasteiger partial charge on any atom is 0.128 e. The topological polar surface area (TPSA) is 58.9 Å². The van der Waals surface area contributed by atoms with Gasteiger partial charge in [0.05, 0.1) is 16.9 Å². The standard InChI is InChI=1S/C18H19ClN6/c1-24-12-14(10-23-24)17-8-15(16(19)11-21-17)13-2-3-18(22-9-13)25-6-4-20-5-7-25/h2-3,8-12,20H,4-7H2,1H3. The molecule has 1 aliphatic heterocycles. The molecule has 0 saturated carbocycles. The van der Waals surface area contributed by atoms with Crippen molar-refractivity contribution in [2.75, 3.05) is 31.1 Å². The molecule has 0 amide bonds. The van der Waals surface area contributed by atoms with E-state index in [9.17, 15) is 0 Å². The van der Waals surface area contributed by atoms with Crippen LogP contribution in [-0.4, -0.2) is 45.9 Å². The van der Waals surface area contributed by atoms with Gasteiger partial charge in [0, 0.05) is 68.5 Å². The molecule has 1 aliphatic rings. The largest absolute Gasteiger partial charge is 0.354 e. The molecule has 1 saturated heterocycles. The third-order valence-electron chi connectivity index (χ3n) is 4.36. The first-order chi connectivity index (χ1) is 12.2. The molecule has 0 unspecified atom stereocenters. The summed E-state index contributed by atoms with van der Waals surface area (Å²) in [4.78, 5) is 11.3. The molecule has 3 aromatic rings. The molecule has 0 radical (unpaired) electrons. The number of rotatable bonds is 3. The quantitative estimate of drug-likeness (QED) is 0.783. The van der Waals surface area contributed by atoms with E-state index < -0.39 is 0 Å². The van der Waals surface area contributed by atoms with Gasteiger partial charge in [0.15, 0.2) is 0 Å². The average molecular weight is 355 g/mol. The summed E-state index contributed by atoms with van der Waals surface area (Å²) in [5.41, 5.74) is 3.72. The van der Waals surface area contributed by atoms with Crippen molar-refractivity contribution in [3.63, 3.8) is 0 Å². The van der Waals surface area contributed by atoms with Crippen LogP contribution < -0.4 is 10.2 Å². The molecule has 0 aromatic carbocycles. The predicted molar refractivity (Wildman–Crippen MR) is 99.8 cm³/mol. The van der Waals surface area contributed by atoms with Crippen molar-refractivity contribution in [3.8, 4) is 22.4 Å². The number of anilines is 1. The van der Waals surface area contributed by atoms with E-state index >= 15 is 0 Å². The Morgan fingerprint density at radius 2 is 1.88 bits per heavy atom. The summed E-state index contributed by atoms with van der Waals surface area (Å²) in [6, 6.07) is 6.11. The van der Waals surface area contributed by atoms with Gasteiger partial charge in [-0.2, -0.15) is 5.10 Å². The van der Waals surface area contributed by atoms with E-state index in [-0.39, 0.29) is 0 Å². The zero-order valence-electron chi connectivity index (χ0n) is 14.0. The molecule has 7 heteroatoms. The zero-order valence-corrected chi connectivity index (χ0v) is 14.7. The maximum atomic E-state index is 6.38. The summed E-state index contributed by atoms with van der Waals surface area (Å²) in [7, 11) is 1.89. The van der Waals surface area contributed by atoms with E-state index in [0.29, 0.717) is 5.02 Å². The fourth-order valence-electron chi connectivity index (χ4n) is 3.00. The van der Waals surface area contributed by atoms with Crippen LogP contribution in [-0.2, 0) is 7.05 Å². The number of hydrogen-bond acceptors (Lipinski definition) is 5. The van der Waals surface area contributed by atoms with Crippen molar-refractivity contribution in [3.05, 3.63) is 48.0 Å². The van der Waals surface area contributed by atoms with E-state index in [0.717, 1.165) is 54.4 Å². The molecule has 4 heterocycles. The van der Waals surface area contributed by atoms with Crippen molar-refractivity contribution >= 4 is 17.4 Å². The first kappa shape index (κ1) is 16.1. The molecular formula is C18H19ClN6. The zero-order chi connectivity index (χ0) is 17.2. The Kier molecular flexibility index (Phi) is 4.38. The minimum Gasteiger partial charge on any atom is -0.354 e. The molecule has 128 valence electrons. The maximum absolute atomic E-state index is 6.38. The molecule has 25 heavy (non-hydrogen) atoms. The first-order valence-electron chi connectivity index (χ1n) is 8.27. The number of aryl methyl sites for hydroxylation is 1. The Balaban J connectivity index is 1.64. The molecule has 0 atom stereocenters. The van der Waals surface area contributed by atoms with Crippen LogP contribution in [0.4, 0.5) is 5.82 Å². The first-order valence-corrected chi connectivity index (χ1v) is 8.65. The van der Waals surface area contributed by atoms with Crippen molar-refractivity contribution in [2.45, 2.75) is 0 Å². The molecule has 6 nitrogen and oxygen atoms in total. The lowest BCUT2D eigenvalue weighted by Crippen LogP contribution is -2.43. The highest BCUT2D eigenvalue weighted by Crippen LogP contribution is 2.31. The van der Waals surface area contributed by atoms with Crippen molar-refractivity contribution < 1.29 is 0 Å². The number of nitrogens with one attached hydrogen (secondary N) is 1. The van der Waals surface area contributed by atoms with E-state index in [1.165, 1.54) is 0 Å². The van der Waals surface area contributed by atoms with Crippen LogP contribution in [0.5, 0.6) is 0 Å². The van der Waals surface area contributed by atoms with Crippen molar-refractivity contribution in [1.29, 1.82) is 0 Å². The lowest BCUT2D eigenvalue weighted by Gasteiger charge is -2.28. The van der Waals surface area contributed by atoms with E-state index in [2.05, 4.69) is 37.4 Å². The summed E-state index contributed by atoms with van der Waals surface area (Å²) >= 11 is 6.38. The summed E-state index contributed by atoms with van der Waals surface area (Å²) in [6.45, 7) is 3.95. The second-order valence-electron chi connectivity index (χ2n) is 6.09. The van der Waals surface area contributed by atoms with Gasteiger partial charge in [0.25, 0.3) is 0 Å². The van der Waals surface area contributed by atoms with Crippen LogP contribution in [0.2, 0.25) is 5.02 Å². The Labute approximate surface area is 151 Å². The van der Waals surface area contributed by atoms with Crippen LogP contribution >= 0.6 is 11.6 Å². The number of nitrogens with zero attached hydrogens (tertiary/aromatic N) is 5. The Hall–Kier alpha value is -2.44. The molecule has 3 aromatic heterocycles. The Bertz CT molecular complexity index is 868. The van der Waals surface area contributed by atoms with Crippen molar-refractivity contribution in [2.24, 2.45) is 7.05 Å². The molecule has 0 aliphatic carbocycles. The summed E-state index contributed by atoms with van der Waals surface area (Å²) < 4.78 is 1.76. The molecular weight excluding hydrogens is 336 g/mol. The van der Waals surface area contributed by atoms with Gasteiger partial charge >= 0.3 is 0 Å². The second-order valence-corrected chi connectivity index (χ2v) is 6.50. The van der Waals surface area contributed by atoms with Crippen LogP contribution in [0.25, 0.3) is 22.4 Å². The van der Waals surface area contributed by atoms with Gasteiger partial charge in [0.2, 0.25) is 0 Å². The number of pyridine rings is 2. The summed E-state index contributed by atoms with van der Waals surface area (Å²) in [5, 5.41) is 8.17. The minimum absolute atomic E-state index is 0.615. The predicted octanol–water partition coefficient (Wildman–Crippen LogP) is 2.61. The Morgan fingerprint density at radius 1 is 1.04 bits per heavy atom. The normalized spacial score (nSPS) is 14.7. The van der Waals surface area contributed by atoms with Gasteiger partial charge in [-0.1, -0.05) is 11.6 Å².